The van der Waals surface area contributed by atoms with Gasteiger partial charge in [-0.05, 0) is 18.2 Å². The van der Waals surface area contributed by atoms with Crippen molar-refractivity contribution in [3.05, 3.63) is 48.3 Å². The first-order chi connectivity index (χ1) is 9.85. The summed E-state index contributed by atoms with van der Waals surface area (Å²) in [6.45, 7) is 0. The van der Waals surface area contributed by atoms with Crippen LogP contribution in [0.15, 0.2) is 42.6 Å². The van der Waals surface area contributed by atoms with Crippen molar-refractivity contribution in [2.75, 3.05) is 0 Å². The molecule has 2 rings (SSSR count). The van der Waals surface area contributed by atoms with E-state index >= 15 is 0 Å². The maximum Gasteiger partial charge on any atom is 0.573 e. The van der Waals surface area contributed by atoms with Gasteiger partial charge >= 0.3 is 6.36 Å². The number of alkyl halides is 3. The van der Waals surface area contributed by atoms with Crippen LogP contribution in [0.25, 0.3) is 0 Å². The Bertz CT molecular complexity index is 662. The smallest absolute Gasteiger partial charge is 0.453 e. The maximum absolute atomic E-state index is 12.3. The van der Waals surface area contributed by atoms with Gasteiger partial charge in [-0.25, -0.2) is 0 Å². The van der Waals surface area contributed by atoms with Gasteiger partial charge < -0.3 is 15.2 Å². The minimum Gasteiger partial charge on any atom is -0.453 e. The summed E-state index contributed by atoms with van der Waals surface area (Å²) in [5, 5.41) is 0. The van der Waals surface area contributed by atoms with E-state index in [1.54, 1.807) is 0 Å². The van der Waals surface area contributed by atoms with Crippen molar-refractivity contribution >= 4 is 17.2 Å². The van der Waals surface area contributed by atoms with Crippen molar-refractivity contribution < 1.29 is 22.6 Å². The van der Waals surface area contributed by atoms with E-state index in [9.17, 15) is 13.2 Å². The summed E-state index contributed by atoms with van der Waals surface area (Å²) in [7, 11) is 0. The molecule has 0 bridgehead atoms. The Morgan fingerprint density at radius 2 is 1.81 bits per heavy atom. The highest BCUT2D eigenvalue weighted by Gasteiger charge is 2.32. The fraction of sp³-hybridized carbons (Fsp3) is 0.0769. The third-order valence-electron chi connectivity index (χ3n) is 2.29. The molecule has 0 atom stereocenters. The van der Waals surface area contributed by atoms with E-state index in [2.05, 4.69) is 9.72 Å². The molecule has 0 fully saturated rings. The van der Waals surface area contributed by atoms with Gasteiger partial charge in [0.2, 0.25) is 0 Å². The lowest BCUT2D eigenvalue weighted by Gasteiger charge is -2.13. The zero-order valence-electron chi connectivity index (χ0n) is 10.4. The van der Waals surface area contributed by atoms with Crippen LogP contribution in [-0.4, -0.2) is 16.3 Å². The molecule has 0 aliphatic rings. The highest BCUT2D eigenvalue weighted by atomic mass is 32.1. The molecule has 8 heteroatoms. The number of hydrogen-bond acceptors (Lipinski definition) is 4. The molecule has 2 aromatic rings. The van der Waals surface area contributed by atoms with E-state index < -0.39 is 12.1 Å². The van der Waals surface area contributed by atoms with Gasteiger partial charge in [-0.1, -0.05) is 24.4 Å². The van der Waals surface area contributed by atoms with E-state index in [1.807, 2.05) is 0 Å². The van der Waals surface area contributed by atoms with Crippen LogP contribution in [0.1, 0.15) is 5.69 Å². The van der Waals surface area contributed by atoms with Crippen molar-refractivity contribution in [2.45, 2.75) is 6.36 Å². The Morgan fingerprint density at radius 3 is 2.43 bits per heavy atom. The number of nitrogens with two attached hydrogens (primary N) is 1. The molecule has 1 heterocycles. The van der Waals surface area contributed by atoms with Gasteiger partial charge in [0.1, 0.15) is 16.4 Å². The number of halogens is 3. The lowest BCUT2D eigenvalue weighted by Crippen LogP contribution is -2.17. The molecule has 1 aromatic heterocycles. The maximum atomic E-state index is 12.3. The first kappa shape index (κ1) is 15.0. The molecular formula is C13H9F3N2O2S. The van der Waals surface area contributed by atoms with Gasteiger partial charge in [-0.3, -0.25) is 4.98 Å². The third-order valence-corrected chi connectivity index (χ3v) is 2.50. The minimum atomic E-state index is -4.80. The second-order valence-electron chi connectivity index (χ2n) is 3.84. The predicted molar refractivity (Wildman–Crippen MR) is 73.3 cm³/mol. The van der Waals surface area contributed by atoms with E-state index in [-0.39, 0.29) is 16.5 Å². The Labute approximate surface area is 123 Å². The molecule has 0 radical (unpaired) electrons. The topological polar surface area (TPSA) is 57.4 Å². The quantitative estimate of drug-likeness (QED) is 0.877. The summed E-state index contributed by atoms with van der Waals surface area (Å²) < 4.78 is 46.2. The molecule has 0 aliphatic carbocycles. The fourth-order valence-electron chi connectivity index (χ4n) is 1.48. The molecule has 21 heavy (non-hydrogen) atoms. The van der Waals surface area contributed by atoms with Crippen LogP contribution in [-0.2, 0) is 0 Å². The van der Waals surface area contributed by atoms with Crippen LogP contribution in [0.5, 0.6) is 17.2 Å². The van der Waals surface area contributed by atoms with E-state index in [0.717, 1.165) is 6.07 Å². The Balaban J connectivity index is 2.27. The van der Waals surface area contributed by atoms with Crippen molar-refractivity contribution in [2.24, 2.45) is 5.73 Å². The molecule has 0 amide bonds. The SMILES string of the molecule is NC(=S)c1cc(Oc2ccccc2OC(F)(F)F)ccn1. The number of thiocarbonyl (C=S) groups is 1. The molecule has 1 aromatic carbocycles. The summed E-state index contributed by atoms with van der Waals surface area (Å²) in [4.78, 5) is 3.96. The zero-order chi connectivity index (χ0) is 15.5. The molecule has 4 nitrogen and oxygen atoms in total. The number of nitrogens with zero attached hydrogens (tertiary/aromatic N) is 1. The number of rotatable bonds is 4. The highest BCUT2D eigenvalue weighted by molar-refractivity contribution is 7.80. The van der Waals surface area contributed by atoms with Crippen LogP contribution in [0.2, 0.25) is 0 Å². The standard InChI is InChI=1S/C13H9F3N2O2S/c14-13(15,16)20-11-4-2-1-3-10(11)19-8-5-6-18-9(7-8)12(17)21/h1-7H,(H2,17,21). The molecular weight excluding hydrogens is 305 g/mol. The highest BCUT2D eigenvalue weighted by Crippen LogP contribution is 2.34. The number of para-hydroxylation sites is 2. The number of pyridine rings is 1. The second kappa shape index (κ2) is 5.96. The number of benzene rings is 1. The van der Waals surface area contributed by atoms with Gasteiger partial charge in [0.25, 0.3) is 0 Å². The van der Waals surface area contributed by atoms with E-state index in [4.69, 9.17) is 22.7 Å². The summed E-state index contributed by atoms with van der Waals surface area (Å²) >= 11 is 4.77. The first-order valence-electron chi connectivity index (χ1n) is 5.63. The number of ether oxygens (including phenoxy) is 2. The average Bonchev–Trinajstić information content (AvgIpc) is 2.40. The monoisotopic (exact) mass is 314 g/mol. The molecule has 110 valence electrons. The van der Waals surface area contributed by atoms with Crippen LogP contribution < -0.4 is 15.2 Å². The van der Waals surface area contributed by atoms with Crippen molar-refractivity contribution in [3.8, 4) is 17.2 Å². The average molecular weight is 314 g/mol. The van der Waals surface area contributed by atoms with E-state index in [1.165, 1.54) is 36.5 Å². The van der Waals surface area contributed by atoms with Crippen LogP contribution >= 0.6 is 12.2 Å². The van der Waals surface area contributed by atoms with Crippen LogP contribution in [0.4, 0.5) is 13.2 Å². The minimum absolute atomic E-state index is 0.0558. The lowest BCUT2D eigenvalue weighted by atomic mass is 10.3. The first-order valence-corrected chi connectivity index (χ1v) is 6.04. The normalized spacial score (nSPS) is 11.0. The third kappa shape index (κ3) is 4.32. The van der Waals surface area contributed by atoms with Crippen molar-refractivity contribution in [1.29, 1.82) is 0 Å². The largest absolute Gasteiger partial charge is 0.573 e. The molecule has 0 saturated heterocycles. The van der Waals surface area contributed by atoms with Gasteiger partial charge in [-0.2, -0.15) is 0 Å². The molecule has 0 saturated carbocycles. The summed E-state index contributed by atoms with van der Waals surface area (Å²) in [5.41, 5.74) is 5.73. The Kier molecular flexibility index (Phi) is 4.27. The summed E-state index contributed by atoms with van der Waals surface area (Å²) in [6, 6.07) is 8.31. The van der Waals surface area contributed by atoms with Gasteiger partial charge in [-0.15, -0.1) is 13.2 Å². The number of aromatic nitrogens is 1. The Hall–Kier alpha value is -2.35. The second-order valence-corrected chi connectivity index (χ2v) is 4.28. The Morgan fingerprint density at radius 1 is 1.14 bits per heavy atom. The van der Waals surface area contributed by atoms with Gasteiger partial charge in [0, 0.05) is 12.3 Å². The zero-order valence-corrected chi connectivity index (χ0v) is 11.2. The fourth-order valence-corrected chi connectivity index (χ4v) is 1.59. The molecule has 0 unspecified atom stereocenters. The van der Waals surface area contributed by atoms with Crippen LogP contribution in [0.3, 0.4) is 0 Å². The molecule has 2 N–H and O–H groups in total. The van der Waals surface area contributed by atoms with Gasteiger partial charge in [0.05, 0.1) is 0 Å². The molecule has 0 aliphatic heterocycles. The molecule has 0 spiro atoms. The number of hydrogen-bond donors (Lipinski definition) is 1. The van der Waals surface area contributed by atoms with Crippen molar-refractivity contribution in [3.63, 3.8) is 0 Å². The predicted octanol–water partition coefficient (Wildman–Crippen LogP) is 3.41. The summed E-state index contributed by atoms with van der Waals surface area (Å²) in [5.74, 6) is -0.292. The van der Waals surface area contributed by atoms with E-state index in [0.29, 0.717) is 5.69 Å². The summed E-state index contributed by atoms with van der Waals surface area (Å²) in [6.07, 6.45) is -3.42. The van der Waals surface area contributed by atoms with Crippen molar-refractivity contribution in [1.82, 2.24) is 4.98 Å². The lowest BCUT2D eigenvalue weighted by molar-refractivity contribution is -0.275. The van der Waals surface area contributed by atoms with Crippen LogP contribution in [0, 0.1) is 0 Å². The van der Waals surface area contributed by atoms with Gasteiger partial charge in [0.15, 0.2) is 11.5 Å².